The molecule has 0 saturated carbocycles. The fraction of sp³-hybridized carbons (Fsp3) is 0.393. The molecule has 3 fully saturated rings. The van der Waals surface area contributed by atoms with Crippen LogP contribution >= 0.6 is 0 Å². The van der Waals surface area contributed by atoms with E-state index in [0.29, 0.717) is 23.2 Å². The summed E-state index contributed by atoms with van der Waals surface area (Å²) in [5, 5.41) is 22.2. The van der Waals surface area contributed by atoms with Crippen LogP contribution in [0.1, 0.15) is 24.8 Å². The summed E-state index contributed by atoms with van der Waals surface area (Å²) in [6.45, 7) is 4.37. The van der Waals surface area contributed by atoms with Gasteiger partial charge < -0.3 is 20.2 Å². The fourth-order valence-electron chi connectivity index (χ4n) is 6.11. The molecule has 2 atom stereocenters. The van der Waals surface area contributed by atoms with Gasteiger partial charge >= 0.3 is 0 Å². The Morgan fingerprint density at radius 3 is 2.60 bits per heavy atom. The Morgan fingerprint density at radius 2 is 1.83 bits per heavy atom. The zero-order chi connectivity index (χ0) is 23.8. The molecule has 2 aromatic carbocycles. The lowest BCUT2D eigenvalue weighted by Gasteiger charge is -2.55. The van der Waals surface area contributed by atoms with Crippen LogP contribution in [0.25, 0.3) is 11.3 Å². The maximum absolute atomic E-state index is 14.1. The Bertz CT molecular complexity index is 1210. The Hall–Kier alpha value is -3.45. The molecule has 2 N–H and O–H groups in total. The van der Waals surface area contributed by atoms with Gasteiger partial charge in [0.1, 0.15) is 5.75 Å². The van der Waals surface area contributed by atoms with Crippen LogP contribution in [0.4, 0.5) is 5.69 Å². The second-order valence-corrected chi connectivity index (χ2v) is 10.0. The molecule has 3 aliphatic heterocycles. The predicted octanol–water partition coefficient (Wildman–Crippen LogP) is 3.21. The lowest BCUT2D eigenvalue weighted by atomic mass is 9.69. The summed E-state index contributed by atoms with van der Waals surface area (Å²) in [6, 6.07) is 19.8. The average Bonchev–Trinajstić information content (AvgIpc) is 2.90. The summed E-state index contributed by atoms with van der Waals surface area (Å²) < 4.78 is 0. The van der Waals surface area contributed by atoms with Crippen molar-refractivity contribution in [1.82, 2.24) is 20.4 Å². The van der Waals surface area contributed by atoms with Gasteiger partial charge in [0.2, 0.25) is 5.91 Å². The second kappa shape index (κ2) is 8.96. The molecule has 3 saturated heterocycles. The number of fused-ring (bicyclic) bond motifs is 1. The van der Waals surface area contributed by atoms with E-state index in [2.05, 4.69) is 37.4 Å². The predicted molar refractivity (Wildman–Crippen MR) is 135 cm³/mol. The van der Waals surface area contributed by atoms with Crippen LogP contribution in [0.2, 0.25) is 0 Å². The SMILES string of the molecule is O=C(N1CC2CCNCC21)C1(c2ccccc2)CCN(c2cnnc(-c3ccccc3O)c2)CC1. The largest absolute Gasteiger partial charge is 0.507 e. The molecule has 4 heterocycles. The van der Waals surface area contributed by atoms with Crippen molar-refractivity contribution in [2.24, 2.45) is 5.92 Å². The van der Waals surface area contributed by atoms with Crippen LogP contribution in [0.3, 0.4) is 0 Å². The van der Waals surface area contributed by atoms with E-state index < -0.39 is 5.41 Å². The van der Waals surface area contributed by atoms with Crippen molar-refractivity contribution in [1.29, 1.82) is 0 Å². The summed E-state index contributed by atoms with van der Waals surface area (Å²) in [4.78, 5) is 18.5. The third-order valence-electron chi connectivity index (χ3n) is 8.22. The van der Waals surface area contributed by atoms with E-state index in [-0.39, 0.29) is 11.7 Å². The van der Waals surface area contributed by atoms with Crippen LogP contribution in [0.5, 0.6) is 5.75 Å². The van der Waals surface area contributed by atoms with Crippen molar-refractivity contribution in [2.75, 3.05) is 37.6 Å². The van der Waals surface area contributed by atoms with Crippen molar-refractivity contribution in [3.05, 3.63) is 72.4 Å². The Balaban J connectivity index is 1.25. The molecule has 0 spiro atoms. The second-order valence-electron chi connectivity index (χ2n) is 10.0. The van der Waals surface area contributed by atoms with Gasteiger partial charge in [0.15, 0.2) is 0 Å². The summed E-state index contributed by atoms with van der Waals surface area (Å²) in [6.07, 6.45) is 4.44. The van der Waals surface area contributed by atoms with Gasteiger partial charge in [-0.15, -0.1) is 0 Å². The number of benzene rings is 2. The maximum atomic E-state index is 14.1. The van der Waals surface area contributed by atoms with Gasteiger partial charge in [-0.1, -0.05) is 42.5 Å². The first-order chi connectivity index (χ1) is 17.2. The molecule has 0 bridgehead atoms. The summed E-state index contributed by atoms with van der Waals surface area (Å²) in [5.41, 5.74) is 2.91. The van der Waals surface area contributed by atoms with Gasteiger partial charge in [0, 0.05) is 37.8 Å². The van der Waals surface area contributed by atoms with Crippen molar-refractivity contribution >= 4 is 11.6 Å². The molecular weight excluding hydrogens is 438 g/mol. The molecular formula is C28H31N5O2. The Kier molecular flexibility index (Phi) is 5.65. The molecule has 35 heavy (non-hydrogen) atoms. The fourth-order valence-corrected chi connectivity index (χ4v) is 6.11. The number of aromatic nitrogens is 2. The highest BCUT2D eigenvalue weighted by atomic mass is 16.3. The van der Waals surface area contributed by atoms with Crippen molar-refractivity contribution < 1.29 is 9.90 Å². The molecule has 1 aromatic heterocycles. The number of nitrogens with zero attached hydrogens (tertiary/aromatic N) is 4. The van der Waals surface area contributed by atoms with Crippen LogP contribution < -0.4 is 10.2 Å². The maximum Gasteiger partial charge on any atom is 0.233 e. The number of piperidine rings is 2. The van der Waals surface area contributed by atoms with Crippen molar-refractivity contribution in [3.63, 3.8) is 0 Å². The van der Waals surface area contributed by atoms with Gasteiger partial charge in [-0.2, -0.15) is 10.2 Å². The summed E-state index contributed by atoms with van der Waals surface area (Å²) in [7, 11) is 0. The highest BCUT2D eigenvalue weighted by Gasteiger charge is 2.51. The smallest absolute Gasteiger partial charge is 0.233 e. The third-order valence-corrected chi connectivity index (χ3v) is 8.22. The molecule has 180 valence electrons. The third kappa shape index (κ3) is 3.84. The minimum absolute atomic E-state index is 0.191. The minimum Gasteiger partial charge on any atom is -0.507 e. The molecule has 0 aliphatic carbocycles. The molecule has 3 aliphatic rings. The molecule has 0 radical (unpaired) electrons. The molecule has 7 heteroatoms. The van der Waals surface area contributed by atoms with E-state index >= 15 is 0 Å². The number of carbonyl (C=O) groups is 1. The van der Waals surface area contributed by atoms with Crippen LogP contribution in [0, 0.1) is 5.92 Å². The highest BCUT2D eigenvalue weighted by molar-refractivity contribution is 5.90. The first-order valence-corrected chi connectivity index (χ1v) is 12.6. The highest BCUT2D eigenvalue weighted by Crippen LogP contribution is 2.42. The van der Waals surface area contributed by atoms with E-state index in [9.17, 15) is 9.90 Å². The van der Waals surface area contributed by atoms with E-state index in [1.165, 1.54) is 0 Å². The number of phenolic OH excluding ortho intramolecular Hbond substituents is 1. The quantitative estimate of drug-likeness (QED) is 0.611. The first-order valence-electron chi connectivity index (χ1n) is 12.6. The normalized spacial score (nSPS) is 23.3. The van der Waals surface area contributed by atoms with Crippen LogP contribution in [0.15, 0.2) is 66.9 Å². The summed E-state index contributed by atoms with van der Waals surface area (Å²) >= 11 is 0. The lowest BCUT2D eigenvalue weighted by Crippen LogP contribution is -2.68. The number of anilines is 1. The number of hydrogen-bond donors (Lipinski definition) is 2. The standard InChI is InChI=1S/C28H31N5O2/c34-26-9-5-4-8-23(26)24-16-22(17-30-31-24)32-14-11-28(12-15-32,21-6-2-1-3-7-21)27(35)33-19-20-10-13-29-18-25(20)33/h1-9,16-17,20,25,29,34H,10-15,18-19H2. The van der Waals surface area contributed by atoms with E-state index in [1.807, 2.05) is 36.4 Å². The monoisotopic (exact) mass is 469 g/mol. The topological polar surface area (TPSA) is 81.6 Å². The van der Waals surface area contributed by atoms with Gasteiger partial charge in [0.25, 0.3) is 0 Å². The average molecular weight is 470 g/mol. The van der Waals surface area contributed by atoms with E-state index in [1.54, 1.807) is 18.3 Å². The number of para-hydroxylation sites is 1. The minimum atomic E-state index is -0.499. The first kappa shape index (κ1) is 22.0. The molecule has 6 rings (SSSR count). The molecule has 1 amide bonds. The van der Waals surface area contributed by atoms with Crippen molar-refractivity contribution in [2.45, 2.75) is 30.7 Å². The number of carbonyl (C=O) groups excluding carboxylic acids is 1. The molecule has 7 nitrogen and oxygen atoms in total. The number of aromatic hydroxyl groups is 1. The lowest BCUT2D eigenvalue weighted by molar-refractivity contribution is -0.152. The number of hydrogen-bond acceptors (Lipinski definition) is 6. The molecule has 3 aromatic rings. The van der Waals surface area contributed by atoms with Crippen LogP contribution in [-0.2, 0) is 10.2 Å². The zero-order valence-electron chi connectivity index (χ0n) is 19.8. The van der Waals surface area contributed by atoms with E-state index in [0.717, 1.165) is 63.2 Å². The van der Waals surface area contributed by atoms with Gasteiger partial charge in [-0.25, -0.2) is 0 Å². The Morgan fingerprint density at radius 1 is 1.06 bits per heavy atom. The van der Waals surface area contributed by atoms with E-state index in [4.69, 9.17) is 0 Å². The summed E-state index contributed by atoms with van der Waals surface area (Å²) in [5.74, 6) is 1.12. The van der Waals surface area contributed by atoms with Gasteiger partial charge in [0.05, 0.1) is 23.0 Å². The van der Waals surface area contributed by atoms with Gasteiger partial charge in [-0.3, -0.25) is 4.79 Å². The van der Waals surface area contributed by atoms with Gasteiger partial charge in [-0.05, 0) is 55.5 Å². The van der Waals surface area contributed by atoms with Crippen molar-refractivity contribution in [3.8, 4) is 17.0 Å². The number of rotatable bonds is 4. The number of amides is 1. The Labute approximate surface area is 205 Å². The molecule has 2 unspecified atom stereocenters. The zero-order valence-corrected chi connectivity index (χ0v) is 19.8. The number of phenols is 1. The number of likely N-dealkylation sites (tertiary alicyclic amines) is 1. The number of nitrogens with one attached hydrogen (secondary N) is 1. The van der Waals surface area contributed by atoms with Crippen LogP contribution in [-0.4, -0.2) is 64.9 Å².